The molecule has 0 aliphatic rings. The van der Waals surface area contributed by atoms with E-state index < -0.39 is 5.60 Å². The second-order valence-corrected chi connectivity index (χ2v) is 4.07. The smallest absolute Gasteiger partial charge is 0.155 e. The highest BCUT2D eigenvalue weighted by atomic mass is 19.1. The number of halogens is 1. The lowest BCUT2D eigenvalue weighted by atomic mass is 9.98. The highest BCUT2D eigenvalue weighted by Gasteiger charge is 2.24. The topological polar surface area (TPSA) is 53.2 Å². The predicted molar refractivity (Wildman–Crippen MR) is 61.8 cm³/mol. The van der Waals surface area contributed by atoms with E-state index in [-0.39, 0.29) is 12.4 Å². The molecule has 0 spiro atoms. The Balaban J connectivity index is 2.62. The molecular weight excluding hydrogens is 221 g/mol. The Labute approximate surface area is 100 Å². The Hall–Kier alpha value is -1.44. The number of aliphatic hydroxyl groups excluding tert-OH is 1. The first-order valence-corrected chi connectivity index (χ1v) is 5.50. The molecule has 92 valence electrons. The molecule has 1 aromatic carbocycles. The monoisotopic (exact) mass is 237 g/mol. The van der Waals surface area contributed by atoms with E-state index in [0.717, 1.165) is 5.56 Å². The summed E-state index contributed by atoms with van der Waals surface area (Å²) in [6, 6.07) is 8.11. The number of benzene rings is 1. The van der Waals surface area contributed by atoms with Crippen molar-refractivity contribution in [2.75, 3.05) is 13.2 Å². The highest BCUT2D eigenvalue weighted by Crippen LogP contribution is 2.17. The van der Waals surface area contributed by atoms with Crippen LogP contribution in [-0.4, -0.2) is 23.9 Å². The van der Waals surface area contributed by atoms with Gasteiger partial charge in [-0.05, 0) is 31.0 Å². The molecular formula is C13H16FNO2. The number of hydrogen-bond acceptors (Lipinski definition) is 3. The third kappa shape index (κ3) is 4.51. The standard InChI is InChI=1S/C13H16FNO2/c1-13(10-15,17-8-2-7-16)9-11-3-5-12(14)6-4-11/h3-6,16H,2,7-9H2,1H3. The molecule has 0 aliphatic heterocycles. The van der Waals surface area contributed by atoms with Gasteiger partial charge in [0.1, 0.15) is 5.82 Å². The zero-order valence-corrected chi connectivity index (χ0v) is 9.82. The van der Waals surface area contributed by atoms with Gasteiger partial charge in [0.15, 0.2) is 5.60 Å². The van der Waals surface area contributed by atoms with Crippen molar-refractivity contribution in [1.29, 1.82) is 5.26 Å². The maximum Gasteiger partial charge on any atom is 0.155 e. The first-order valence-electron chi connectivity index (χ1n) is 5.50. The fraction of sp³-hybridized carbons (Fsp3) is 0.462. The first kappa shape index (κ1) is 13.6. The second-order valence-electron chi connectivity index (χ2n) is 4.07. The van der Waals surface area contributed by atoms with Crippen molar-refractivity contribution < 1.29 is 14.2 Å². The largest absolute Gasteiger partial charge is 0.396 e. The maximum absolute atomic E-state index is 12.7. The van der Waals surface area contributed by atoms with Gasteiger partial charge in [-0.1, -0.05) is 12.1 Å². The van der Waals surface area contributed by atoms with Gasteiger partial charge >= 0.3 is 0 Å². The lowest BCUT2D eigenvalue weighted by Crippen LogP contribution is -2.30. The van der Waals surface area contributed by atoms with Gasteiger partial charge in [0.05, 0.1) is 12.7 Å². The molecule has 1 aromatic rings. The molecule has 1 N–H and O–H groups in total. The zero-order valence-electron chi connectivity index (χ0n) is 9.82. The SMILES string of the molecule is CC(C#N)(Cc1ccc(F)cc1)OCCCO. The number of nitrogens with zero attached hydrogens (tertiary/aromatic N) is 1. The first-order chi connectivity index (χ1) is 8.09. The van der Waals surface area contributed by atoms with Crippen LogP contribution in [0.25, 0.3) is 0 Å². The number of nitriles is 1. The quantitative estimate of drug-likeness (QED) is 0.770. The van der Waals surface area contributed by atoms with Crippen LogP contribution in [0, 0.1) is 17.1 Å². The van der Waals surface area contributed by atoms with E-state index in [0.29, 0.717) is 19.4 Å². The normalized spacial score (nSPS) is 14.0. The summed E-state index contributed by atoms with van der Waals surface area (Å²) in [7, 11) is 0. The Morgan fingerprint density at radius 2 is 2.06 bits per heavy atom. The lowest BCUT2D eigenvalue weighted by Gasteiger charge is -2.22. The molecule has 0 radical (unpaired) electrons. The van der Waals surface area contributed by atoms with Gasteiger partial charge < -0.3 is 9.84 Å². The van der Waals surface area contributed by atoms with Gasteiger partial charge in [0.2, 0.25) is 0 Å². The van der Waals surface area contributed by atoms with Gasteiger partial charge in [-0.15, -0.1) is 0 Å². The molecule has 0 saturated carbocycles. The third-order valence-corrected chi connectivity index (χ3v) is 2.41. The van der Waals surface area contributed by atoms with Crippen LogP contribution in [0.3, 0.4) is 0 Å². The molecule has 0 heterocycles. The number of rotatable bonds is 6. The van der Waals surface area contributed by atoms with E-state index in [9.17, 15) is 4.39 Å². The van der Waals surface area contributed by atoms with E-state index >= 15 is 0 Å². The number of hydrogen-bond donors (Lipinski definition) is 1. The summed E-state index contributed by atoms with van der Waals surface area (Å²) in [5.74, 6) is -0.298. The summed E-state index contributed by atoms with van der Waals surface area (Å²) in [5, 5.41) is 17.7. The summed E-state index contributed by atoms with van der Waals surface area (Å²) >= 11 is 0. The van der Waals surface area contributed by atoms with Crippen LogP contribution < -0.4 is 0 Å². The average molecular weight is 237 g/mol. The zero-order chi connectivity index (χ0) is 12.7. The lowest BCUT2D eigenvalue weighted by molar-refractivity contribution is 0.00517. The molecule has 4 heteroatoms. The van der Waals surface area contributed by atoms with E-state index in [4.69, 9.17) is 15.1 Å². The molecule has 0 fully saturated rings. The Kier molecular flexibility index (Phi) is 5.08. The fourth-order valence-electron chi connectivity index (χ4n) is 1.48. The predicted octanol–water partition coefficient (Wildman–Crippen LogP) is 2.05. The number of ether oxygens (including phenoxy) is 1. The third-order valence-electron chi connectivity index (χ3n) is 2.41. The molecule has 1 rings (SSSR count). The van der Waals surface area contributed by atoms with Crippen LogP contribution in [0.15, 0.2) is 24.3 Å². The molecule has 0 aliphatic carbocycles. The molecule has 1 unspecified atom stereocenters. The molecule has 1 atom stereocenters. The minimum Gasteiger partial charge on any atom is -0.396 e. The minimum atomic E-state index is -0.938. The molecule has 17 heavy (non-hydrogen) atoms. The van der Waals surface area contributed by atoms with Crippen molar-refractivity contribution in [2.45, 2.75) is 25.4 Å². The van der Waals surface area contributed by atoms with Crippen LogP contribution in [0.4, 0.5) is 4.39 Å². The fourth-order valence-corrected chi connectivity index (χ4v) is 1.48. The van der Waals surface area contributed by atoms with E-state index in [1.807, 2.05) is 0 Å². The molecule has 0 saturated heterocycles. The van der Waals surface area contributed by atoms with Crippen LogP contribution in [-0.2, 0) is 11.2 Å². The average Bonchev–Trinajstić information content (AvgIpc) is 2.33. The Morgan fingerprint density at radius 3 is 2.59 bits per heavy atom. The summed E-state index contributed by atoms with van der Waals surface area (Å²) in [5.41, 5.74) is -0.0908. The Morgan fingerprint density at radius 1 is 1.41 bits per heavy atom. The summed E-state index contributed by atoms with van der Waals surface area (Å²) in [6.45, 7) is 2.06. The van der Waals surface area contributed by atoms with Crippen LogP contribution in [0.1, 0.15) is 18.9 Å². The summed E-state index contributed by atoms with van der Waals surface area (Å²) in [6.07, 6.45) is 0.899. The highest BCUT2D eigenvalue weighted by molar-refractivity contribution is 5.20. The molecule has 0 bridgehead atoms. The van der Waals surface area contributed by atoms with Crippen molar-refractivity contribution in [3.63, 3.8) is 0 Å². The van der Waals surface area contributed by atoms with Gasteiger partial charge in [-0.3, -0.25) is 0 Å². The summed E-state index contributed by atoms with van der Waals surface area (Å²) < 4.78 is 18.2. The second kappa shape index (κ2) is 6.33. The van der Waals surface area contributed by atoms with Gasteiger partial charge in [0.25, 0.3) is 0 Å². The van der Waals surface area contributed by atoms with Crippen molar-refractivity contribution in [3.8, 4) is 6.07 Å². The van der Waals surface area contributed by atoms with Crippen LogP contribution >= 0.6 is 0 Å². The minimum absolute atomic E-state index is 0.0397. The van der Waals surface area contributed by atoms with Gasteiger partial charge in [0, 0.05) is 13.0 Å². The Bertz CT molecular complexity index is 385. The van der Waals surface area contributed by atoms with E-state index in [1.54, 1.807) is 19.1 Å². The van der Waals surface area contributed by atoms with E-state index in [2.05, 4.69) is 6.07 Å². The molecule has 0 aromatic heterocycles. The van der Waals surface area contributed by atoms with Crippen molar-refractivity contribution in [1.82, 2.24) is 0 Å². The number of aliphatic hydroxyl groups is 1. The van der Waals surface area contributed by atoms with Crippen molar-refractivity contribution in [2.24, 2.45) is 0 Å². The van der Waals surface area contributed by atoms with Gasteiger partial charge in [-0.2, -0.15) is 5.26 Å². The van der Waals surface area contributed by atoms with Gasteiger partial charge in [-0.25, -0.2) is 4.39 Å². The maximum atomic E-state index is 12.7. The van der Waals surface area contributed by atoms with Crippen molar-refractivity contribution in [3.05, 3.63) is 35.6 Å². The molecule has 3 nitrogen and oxygen atoms in total. The van der Waals surface area contributed by atoms with Crippen LogP contribution in [0.2, 0.25) is 0 Å². The summed E-state index contributed by atoms with van der Waals surface area (Å²) in [4.78, 5) is 0. The van der Waals surface area contributed by atoms with Crippen molar-refractivity contribution >= 4 is 0 Å². The molecule has 0 amide bonds. The van der Waals surface area contributed by atoms with E-state index in [1.165, 1.54) is 12.1 Å². The van der Waals surface area contributed by atoms with Crippen LogP contribution in [0.5, 0.6) is 0 Å².